The average Bonchev–Trinajstić information content (AvgIpc) is 3.27. The molecule has 1 atom stereocenters. The van der Waals surface area contributed by atoms with Crippen molar-refractivity contribution in [2.24, 2.45) is 0 Å². The molecule has 4 aromatic rings. The molecule has 0 fully saturated rings. The van der Waals surface area contributed by atoms with Crippen LogP contribution in [0.2, 0.25) is 0 Å². The highest BCUT2D eigenvalue weighted by atomic mass is 16.5. The standard InChI is InChI=1S/C26H29N5O2/c1-16(2)31(4)26(32)23(27-3)18-10-8-9-17(13-18)19-14-21-24(29-30-25(21)28-15-19)20-11-6-7-12-22(20)33-5/h6-16,23,27H,1-5H3,(H,28,29,30). The number of rotatable bonds is 7. The van der Waals surface area contributed by atoms with Crippen LogP contribution >= 0.6 is 0 Å². The van der Waals surface area contributed by atoms with Crippen LogP contribution in [0.3, 0.4) is 0 Å². The number of methoxy groups -OCH3 is 1. The van der Waals surface area contributed by atoms with Crippen LogP contribution in [-0.2, 0) is 4.79 Å². The first-order chi connectivity index (χ1) is 15.9. The van der Waals surface area contributed by atoms with Crippen molar-refractivity contribution < 1.29 is 9.53 Å². The maximum absolute atomic E-state index is 13.0. The van der Waals surface area contributed by atoms with E-state index in [0.29, 0.717) is 5.65 Å². The van der Waals surface area contributed by atoms with Gasteiger partial charge in [-0.2, -0.15) is 5.10 Å². The Labute approximate surface area is 193 Å². The zero-order chi connectivity index (χ0) is 23.5. The smallest absolute Gasteiger partial charge is 0.244 e. The van der Waals surface area contributed by atoms with E-state index in [1.165, 1.54) is 0 Å². The van der Waals surface area contributed by atoms with Gasteiger partial charge >= 0.3 is 0 Å². The number of hydrogen-bond acceptors (Lipinski definition) is 5. The van der Waals surface area contributed by atoms with E-state index in [4.69, 9.17) is 4.74 Å². The summed E-state index contributed by atoms with van der Waals surface area (Å²) in [6, 6.07) is 17.6. The van der Waals surface area contributed by atoms with Crippen molar-refractivity contribution in [2.45, 2.75) is 25.9 Å². The number of aromatic nitrogens is 3. The topological polar surface area (TPSA) is 83.1 Å². The lowest BCUT2D eigenvalue weighted by Crippen LogP contribution is -2.41. The van der Waals surface area contributed by atoms with E-state index < -0.39 is 6.04 Å². The summed E-state index contributed by atoms with van der Waals surface area (Å²) in [6.45, 7) is 4.01. The molecule has 0 bridgehead atoms. The predicted octanol–water partition coefficient (Wildman–Crippen LogP) is 4.43. The van der Waals surface area contributed by atoms with E-state index in [9.17, 15) is 4.79 Å². The summed E-state index contributed by atoms with van der Waals surface area (Å²) >= 11 is 0. The minimum absolute atomic E-state index is 0.0338. The van der Waals surface area contributed by atoms with Crippen LogP contribution in [0.25, 0.3) is 33.4 Å². The van der Waals surface area contributed by atoms with Gasteiger partial charge in [-0.25, -0.2) is 4.98 Å². The maximum atomic E-state index is 13.0. The Morgan fingerprint density at radius 2 is 1.88 bits per heavy atom. The Hall–Kier alpha value is -3.71. The van der Waals surface area contributed by atoms with E-state index >= 15 is 0 Å². The van der Waals surface area contributed by atoms with Gasteiger partial charge in [0, 0.05) is 35.8 Å². The lowest BCUT2D eigenvalue weighted by Gasteiger charge is -2.27. The van der Waals surface area contributed by atoms with E-state index in [1.807, 2.05) is 82.7 Å². The van der Waals surface area contributed by atoms with Gasteiger partial charge in [-0.05, 0) is 56.3 Å². The first-order valence-electron chi connectivity index (χ1n) is 11.0. The third-order valence-corrected chi connectivity index (χ3v) is 5.99. The summed E-state index contributed by atoms with van der Waals surface area (Å²) in [4.78, 5) is 19.3. The number of ether oxygens (including phenoxy) is 1. The number of benzene rings is 2. The number of carbonyl (C=O) groups is 1. The number of pyridine rings is 1. The van der Waals surface area contributed by atoms with Gasteiger partial charge in [-0.1, -0.05) is 30.3 Å². The Balaban J connectivity index is 1.75. The van der Waals surface area contributed by atoms with Crippen LogP contribution in [0.5, 0.6) is 5.75 Å². The molecular weight excluding hydrogens is 414 g/mol. The highest BCUT2D eigenvalue weighted by Gasteiger charge is 2.24. The molecule has 0 aliphatic rings. The number of hydrogen-bond donors (Lipinski definition) is 2. The number of para-hydroxylation sites is 1. The molecule has 0 radical (unpaired) electrons. The summed E-state index contributed by atoms with van der Waals surface area (Å²) in [5.74, 6) is 0.787. The molecule has 0 aliphatic carbocycles. The van der Waals surface area contributed by atoms with Crippen LogP contribution in [0.4, 0.5) is 0 Å². The van der Waals surface area contributed by atoms with Crippen LogP contribution in [0, 0.1) is 0 Å². The van der Waals surface area contributed by atoms with E-state index in [0.717, 1.165) is 39.1 Å². The fourth-order valence-corrected chi connectivity index (χ4v) is 3.90. The number of nitrogens with one attached hydrogen (secondary N) is 2. The van der Waals surface area contributed by atoms with Gasteiger partial charge in [0.25, 0.3) is 0 Å². The van der Waals surface area contributed by atoms with Crippen molar-refractivity contribution in [1.29, 1.82) is 0 Å². The molecule has 1 unspecified atom stereocenters. The Morgan fingerprint density at radius 1 is 1.09 bits per heavy atom. The van der Waals surface area contributed by atoms with Crippen molar-refractivity contribution in [2.75, 3.05) is 21.2 Å². The minimum atomic E-state index is -0.424. The molecule has 0 aliphatic heterocycles. The van der Waals surface area contributed by atoms with Gasteiger partial charge in [-0.3, -0.25) is 9.89 Å². The molecule has 0 saturated carbocycles. The molecule has 1 amide bonds. The van der Waals surface area contributed by atoms with Crippen LogP contribution in [0.15, 0.2) is 60.8 Å². The SMILES string of the molecule is CNC(C(=O)N(C)C(C)C)c1cccc(-c2cnc3[nH]nc(-c4ccccc4OC)c3c2)c1. The number of carbonyl (C=O) groups excluding carboxylic acids is 1. The normalized spacial score (nSPS) is 12.2. The Kier molecular flexibility index (Phi) is 6.42. The molecular formula is C26H29N5O2. The Bertz CT molecular complexity index is 1280. The molecule has 2 aromatic heterocycles. The number of amides is 1. The largest absolute Gasteiger partial charge is 0.496 e. The lowest BCUT2D eigenvalue weighted by atomic mass is 9.98. The molecule has 7 heteroatoms. The third kappa shape index (κ3) is 4.32. The van der Waals surface area contributed by atoms with Gasteiger partial charge in [0.05, 0.1) is 7.11 Å². The number of H-pyrrole nitrogens is 1. The average molecular weight is 444 g/mol. The lowest BCUT2D eigenvalue weighted by molar-refractivity contribution is -0.133. The molecule has 4 rings (SSSR count). The molecule has 7 nitrogen and oxygen atoms in total. The van der Waals surface area contributed by atoms with Crippen molar-refractivity contribution in [1.82, 2.24) is 25.4 Å². The summed E-state index contributed by atoms with van der Waals surface area (Å²) in [5.41, 5.74) is 5.23. The van der Waals surface area contributed by atoms with Crippen molar-refractivity contribution in [3.8, 4) is 28.1 Å². The van der Waals surface area contributed by atoms with Crippen LogP contribution < -0.4 is 10.1 Å². The first-order valence-corrected chi connectivity index (χ1v) is 11.0. The molecule has 0 spiro atoms. The highest BCUT2D eigenvalue weighted by molar-refractivity contribution is 5.95. The highest BCUT2D eigenvalue weighted by Crippen LogP contribution is 2.34. The van der Waals surface area contributed by atoms with Crippen molar-refractivity contribution in [3.63, 3.8) is 0 Å². The molecule has 170 valence electrons. The van der Waals surface area contributed by atoms with Crippen LogP contribution in [0.1, 0.15) is 25.5 Å². The summed E-state index contributed by atoms with van der Waals surface area (Å²) in [7, 11) is 5.29. The quantitative estimate of drug-likeness (QED) is 0.442. The first kappa shape index (κ1) is 22.5. The van der Waals surface area contributed by atoms with E-state index in [2.05, 4.69) is 26.6 Å². The Morgan fingerprint density at radius 3 is 2.61 bits per heavy atom. The van der Waals surface area contributed by atoms with Gasteiger partial charge < -0.3 is 15.0 Å². The zero-order valence-corrected chi connectivity index (χ0v) is 19.6. The van der Waals surface area contributed by atoms with Crippen molar-refractivity contribution >= 4 is 16.9 Å². The fourth-order valence-electron chi connectivity index (χ4n) is 3.90. The minimum Gasteiger partial charge on any atom is -0.496 e. The summed E-state index contributed by atoms with van der Waals surface area (Å²) in [5, 5.41) is 11.6. The van der Waals surface area contributed by atoms with Gasteiger partial charge in [0.2, 0.25) is 5.91 Å². The maximum Gasteiger partial charge on any atom is 0.244 e. The number of nitrogens with zero attached hydrogens (tertiary/aromatic N) is 3. The van der Waals surface area contributed by atoms with Gasteiger partial charge in [0.1, 0.15) is 17.5 Å². The molecule has 2 N–H and O–H groups in total. The van der Waals surface area contributed by atoms with E-state index in [1.54, 1.807) is 12.0 Å². The van der Waals surface area contributed by atoms with Crippen LogP contribution in [-0.4, -0.2) is 53.2 Å². The second kappa shape index (κ2) is 9.42. The summed E-state index contributed by atoms with van der Waals surface area (Å²) in [6.07, 6.45) is 1.82. The van der Waals surface area contributed by atoms with E-state index in [-0.39, 0.29) is 11.9 Å². The number of likely N-dealkylation sites (N-methyl/N-ethyl adjacent to an activating group) is 2. The van der Waals surface area contributed by atoms with Gasteiger partial charge in [0.15, 0.2) is 5.65 Å². The monoisotopic (exact) mass is 443 g/mol. The number of fused-ring (bicyclic) bond motifs is 1. The molecule has 2 heterocycles. The third-order valence-electron chi connectivity index (χ3n) is 5.99. The summed E-state index contributed by atoms with van der Waals surface area (Å²) < 4.78 is 5.53. The van der Waals surface area contributed by atoms with Gasteiger partial charge in [-0.15, -0.1) is 0 Å². The molecule has 2 aromatic carbocycles. The van der Waals surface area contributed by atoms with Crippen molar-refractivity contribution in [3.05, 3.63) is 66.4 Å². The zero-order valence-electron chi connectivity index (χ0n) is 19.6. The number of aromatic amines is 1. The molecule has 0 saturated heterocycles. The predicted molar refractivity (Wildman–Crippen MR) is 131 cm³/mol. The second-order valence-electron chi connectivity index (χ2n) is 8.28. The second-order valence-corrected chi connectivity index (χ2v) is 8.28. The fraction of sp³-hybridized carbons (Fsp3) is 0.269. The molecule has 33 heavy (non-hydrogen) atoms.